The summed E-state index contributed by atoms with van der Waals surface area (Å²) in [7, 11) is 0. The smallest absolute Gasteiger partial charge is 0.308 e. The standard InChI is InChI=1S/C9H11N3O3S/c1-5-6(9(14)15)2-3-12(5)8(13)7-4-10-11-16-7/h4-6H,2-3H2,1H3,(H,14,15). The van der Waals surface area contributed by atoms with E-state index in [1.165, 1.54) is 6.20 Å². The Hall–Kier alpha value is -1.50. The van der Waals surface area contributed by atoms with Crippen molar-refractivity contribution >= 4 is 23.4 Å². The van der Waals surface area contributed by atoms with Crippen molar-refractivity contribution in [2.45, 2.75) is 19.4 Å². The van der Waals surface area contributed by atoms with Gasteiger partial charge in [-0.05, 0) is 24.9 Å². The van der Waals surface area contributed by atoms with Crippen LogP contribution in [0.25, 0.3) is 0 Å². The van der Waals surface area contributed by atoms with Crippen LogP contribution in [-0.4, -0.2) is 44.1 Å². The lowest BCUT2D eigenvalue weighted by Gasteiger charge is -2.22. The minimum Gasteiger partial charge on any atom is -0.481 e. The number of aromatic nitrogens is 2. The summed E-state index contributed by atoms with van der Waals surface area (Å²) in [6, 6.07) is -0.271. The number of carboxylic acid groups (broad SMARTS) is 1. The highest BCUT2D eigenvalue weighted by Crippen LogP contribution is 2.26. The van der Waals surface area contributed by atoms with Crippen LogP contribution in [0, 0.1) is 5.92 Å². The molecule has 2 unspecified atom stereocenters. The van der Waals surface area contributed by atoms with Gasteiger partial charge in [0.05, 0.1) is 12.1 Å². The number of carbonyl (C=O) groups excluding carboxylic acids is 1. The van der Waals surface area contributed by atoms with E-state index in [0.29, 0.717) is 17.8 Å². The molecule has 16 heavy (non-hydrogen) atoms. The largest absolute Gasteiger partial charge is 0.481 e. The average Bonchev–Trinajstić information content (AvgIpc) is 2.84. The van der Waals surface area contributed by atoms with E-state index >= 15 is 0 Å². The number of rotatable bonds is 2. The van der Waals surface area contributed by atoms with E-state index in [1.807, 2.05) is 0 Å². The monoisotopic (exact) mass is 241 g/mol. The summed E-state index contributed by atoms with van der Waals surface area (Å²) in [5, 5.41) is 12.6. The van der Waals surface area contributed by atoms with Crippen molar-refractivity contribution in [3.63, 3.8) is 0 Å². The maximum atomic E-state index is 12.0. The molecule has 0 radical (unpaired) electrons. The lowest BCUT2D eigenvalue weighted by Crippen LogP contribution is -2.37. The second kappa shape index (κ2) is 4.17. The summed E-state index contributed by atoms with van der Waals surface area (Å²) < 4.78 is 3.62. The van der Waals surface area contributed by atoms with Crippen molar-refractivity contribution in [1.29, 1.82) is 0 Å². The molecule has 1 N–H and O–H groups in total. The van der Waals surface area contributed by atoms with Crippen molar-refractivity contribution < 1.29 is 14.7 Å². The summed E-state index contributed by atoms with van der Waals surface area (Å²) in [6.07, 6.45) is 1.92. The van der Waals surface area contributed by atoms with Crippen molar-refractivity contribution in [1.82, 2.24) is 14.5 Å². The number of aliphatic carboxylic acids is 1. The fourth-order valence-electron chi connectivity index (χ4n) is 1.96. The topological polar surface area (TPSA) is 83.4 Å². The van der Waals surface area contributed by atoms with Crippen molar-refractivity contribution in [2.24, 2.45) is 5.92 Å². The van der Waals surface area contributed by atoms with Crippen molar-refractivity contribution in [2.75, 3.05) is 6.54 Å². The highest BCUT2D eigenvalue weighted by Gasteiger charge is 2.38. The van der Waals surface area contributed by atoms with Gasteiger partial charge in [-0.25, -0.2) is 0 Å². The van der Waals surface area contributed by atoms with Crippen LogP contribution >= 0.6 is 11.5 Å². The first kappa shape index (κ1) is 11.0. The van der Waals surface area contributed by atoms with E-state index in [4.69, 9.17) is 5.11 Å². The quantitative estimate of drug-likeness (QED) is 0.813. The Morgan fingerprint density at radius 2 is 2.38 bits per heavy atom. The molecular weight excluding hydrogens is 230 g/mol. The van der Waals surface area contributed by atoms with Gasteiger partial charge in [-0.3, -0.25) is 9.59 Å². The molecule has 1 aliphatic heterocycles. The SMILES string of the molecule is CC1C(C(=O)O)CCN1C(=O)c1cnns1. The second-order valence-electron chi connectivity index (χ2n) is 3.75. The highest BCUT2D eigenvalue weighted by molar-refractivity contribution is 7.07. The third-order valence-electron chi connectivity index (χ3n) is 2.91. The zero-order valence-corrected chi connectivity index (χ0v) is 9.48. The number of nitrogens with zero attached hydrogens (tertiary/aromatic N) is 3. The Balaban J connectivity index is 2.13. The van der Waals surface area contributed by atoms with Gasteiger partial charge in [0, 0.05) is 12.6 Å². The summed E-state index contributed by atoms with van der Waals surface area (Å²) in [6.45, 7) is 2.24. The van der Waals surface area contributed by atoms with Crippen LogP contribution in [-0.2, 0) is 4.79 Å². The van der Waals surface area contributed by atoms with E-state index in [9.17, 15) is 9.59 Å². The van der Waals surface area contributed by atoms with Gasteiger partial charge < -0.3 is 10.0 Å². The normalized spacial score (nSPS) is 24.7. The third-order valence-corrected chi connectivity index (χ3v) is 3.56. The van der Waals surface area contributed by atoms with Crippen molar-refractivity contribution in [3.05, 3.63) is 11.1 Å². The maximum absolute atomic E-state index is 12.0. The number of amides is 1. The molecule has 7 heteroatoms. The van der Waals surface area contributed by atoms with E-state index in [2.05, 4.69) is 9.59 Å². The first-order valence-electron chi connectivity index (χ1n) is 4.92. The van der Waals surface area contributed by atoms with Gasteiger partial charge in [-0.1, -0.05) is 4.49 Å². The summed E-state index contributed by atoms with van der Waals surface area (Å²) >= 11 is 1.03. The van der Waals surface area contributed by atoms with Crippen LogP contribution in [0.5, 0.6) is 0 Å². The first-order chi connectivity index (χ1) is 7.61. The molecule has 6 nitrogen and oxygen atoms in total. The Kier molecular flexibility index (Phi) is 2.86. The molecule has 0 aliphatic carbocycles. The molecule has 0 bridgehead atoms. The van der Waals surface area contributed by atoms with Crippen molar-refractivity contribution in [3.8, 4) is 0 Å². The first-order valence-corrected chi connectivity index (χ1v) is 5.69. The summed E-state index contributed by atoms with van der Waals surface area (Å²) in [5.74, 6) is -1.48. The van der Waals surface area contributed by atoms with E-state index < -0.39 is 11.9 Å². The highest BCUT2D eigenvalue weighted by atomic mass is 32.1. The fourth-order valence-corrected chi connectivity index (χ4v) is 2.43. The summed E-state index contributed by atoms with van der Waals surface area (Å²) in [4.78, 5) is 24.9. The third kappa shape index (κ3) is 1.78. The number of carbonyl (C=O) groups is 2. The Morgan fingerprint density at radius 1 is 1.62 bits per heavy atom. The zero-order valence-electron chi connectivity index (χ0n) is 8.66. The molecule has 1 aromatic rings. The lowest BCUT2D eigenvalue weighted by molar-refractivity contribution is -0.142. The molecule has 1 amide bonds. The van der Waals surface area contributed by atoms with Gasteiger partial charge in [0.1, 0.15) is 4.88 Å². The average molecular weight is 241 g/mol. The minimum absolute atomic E-state index is 0.175. The Morgan fingerprint density at radius 3 is 2.88 bits per heavy atom. The van der Waals surface area contributed by atoms with Crippen LogP contribution in [0.3, 0.4) is 0 Å². The molecule has 86 valence electrons. The molecule has 0 spiro atoms. The number of likely N-dealkylation sites (tertiary alicyclic amines) is 1. The van der Waals surface area contributed by atoms with E-state index in [-0.39, 0.29) is 11.9 Å². The second-order valence-corrected chi connectivity index (χ2v) is 4.54. The van der Waals surface area contributed by atoms with Crippen LogP contribution in [0.2, 0.25) is 0 Å². The van der Waals surface area contributed by atoms with Crippen LogP contribution < -0.4 is 0 Å². The molecule has 1 aliphatic rings. The molecule has 1 saturated heterocycles. The van der Waals surface area contributed by atoms with Crippen LogP contribution in [0.15, 0.2) is 6.20 Å². The van der Waals surface area contributed by atoms with E-state index in [0.717, 1.165) is 11.5 Å². The Labute approximate surface area is 96.0 Å². The minimum atomic E-state index is -0.842. The predicted octanol–water partition coefficient (Wildman–Crippen LogP) is 0.473. The van der Waals surface area contributed by atoms with Gasteiger partial charge in [-0.15, -0.1) is 5.10 Å². The molecule has 2 heterocycles. The van der Waals surface area contributed by atoms with Gasteiger partial charge in [-0.2, -0.15) is 0 Å². The molecule has 1 fully saturated rings. The Bertz CT molecular complexity index is 406. The predicted molar refractivity (Wildman–Crippen MR) is 56.2 cm³/mol. The zero-order chi connectivity index (χ0) is 11.7. The van der Waals surface area contributed by atoms with Gasteiger partial charge >= 0.3 is 5.97 Å². The number of carboxylic acids is 1. The molecule has 0 aromatic carbocycles. The molecule has 0 saturated carbocycles. The number of hydrogen-bond donors (Lipinski definition) is 1. The fraction of sp³-hybridized carbons (Fsp3) is 0.556. The lowest BCUT2D eigenvalue weighted by atomic mass is 10.0. The van der Waals surface area contributed by atoms with Crippen LogP contribution in [0.1, 0.15) is 23.0 Å². The molecule has 2 rings (SSSR count). The van der Waals surface area contributed by atoms with Gasteiger partial charge in [0.2, 0.25) is 0 Å². The maximum Gasteiger partial charge on any atom is 0.308 e. The molecular formula is C9H11N3O3S. The molecule has 2 atom stereocenters. The van der Waals surface area contributed by atoms with E-state index in [1.54, 1.807) is 11.8 Å². The number of hydrogen-bond acceptors (Lipinski definition) is 5. The molecule has 1 aromatic heterocycles. The van der Waals surface area contributed by atoms with Gasteiger partial charge in [0.25, 0.3) is 5.91 Å². The van der Waals surface area contributed by atoms with Gasteiger partial charge in [0.15, 0.2) is 0 Å². The van der Waals surface area contributed by atoms with Crippen LogP contribution in [0.4, 0.5) is 0 Å². The summed E-state index contributed by atoms with van der Waals surface area (Å²) in [5.41, 5.74) is 0.